The number of fused-ring (bicyclic) bond motifs is 2. The van der Waals surface area contributed by atoms with Crippen LogP contribution in [0.4, 0.5) is 0 Å². The van der Waals surface area contributed by atoms with Crippen LogP contribution in [-0.2, 0) is 6.54 Å². The molecule has 1 atom stereocenters. The van der Waals surface area contributed by atoms with Crippen molar-refractivity contribution in [1.82, 2.24) is 24.1 Å². The summed E-state index contributed by atoms with van der Waals surface area (Å²) in [6.45, 7) is 3.40. The molecule has 0 saturated carbocycles. The molecule has 0 N–H and O–H groups in total. The second-order valence-electron chi connectivity index (χ2n) is 6.93. The Bertz CT molecular complexity index is 1180. The molecule has 28 heavy (non-hydrogen) atoms. The zero-order chi connectivity index (χ0) is 19.3. The summed E-state index contributed by atoms with van der Waals surface area (Å²) < 4.78 is 3.90. The number of amides is 1. The van der Waals surface area contributed by atoms with Gasteiger partial charge in [0.25, 0.3) is 5.91 Å². The van der Waals surface area contributed by atoms with Gasteiger partial charge < -0.3 is 9.47 Å². The predicted octanol–water partition coefficient (Wildman–Crippen LogP) is 4.07. The Morgan fingerprint density at radius 1 is 1.14 bits per heavy atom. The van der Waals surface area contributed by atoms with Gasteiger partial charge in [-0.3, -0.25) is 9.78 Å². The molecule has 0 fully saturated rings. The Labute approximate surface area is 167 Å². The molecule has 0 radical (unpaired) electrons. The summed E-state index contributed by atoms with van der Waals surface area (Å²) in [5.74, 6) is -0.0702. The Kier molecular flexibility index (Phi) is 3.94. The van der Waals surface area contributed by atoms with Crippen LogP contribution in [0, 0.1) is 0 Å². The number of carbonyl (C=O) groups is 1. The van der Waals surface area contributed by atoms with Crippen LogP contribution in [0.25, 0.3) is 16.9 Å². The van der Waals surface area contributed by atoms with Gasteiger partial charge in [-0.1, -0.05) is 17.7 Å². The van der Waals surface area contributed by atoms with Gasteiger partial charge in [0.15, 0.2) is 5.69 Å². The first-order valence-corrected chi connectivity index (χ1v) is 9.56. The fourth-order valence-electron chi connectivity index (χ4n) is 3.89. The van der Waals surface area contributed by atoms with E-state index in [9.17, 15) is 4.79 Å². The highest BCUT2D eigenvalue weighted by molar-refractivity contribution is 6.30. The van der Waals surface area contributed by atoms with Crippen molar-refractivity contribution < 1.29 is 4.79 Å². The van der Waals surface area contributed by atoms with Crippen LogP contribution < -0.4 is 0 Å². The molecule has 4 aromatic rings. The van der Waals surface area contributed by atoms with E-state index in [2.05, 4.69) is 33.7 Å². The van der Waals surface area contributed by atoms with Crippen LogP contribution in [0.2, 0.25) is 5.02 Å². The first kappa shape index (κ1) is 17.0. The van der Waals surface area contributed by atoms with E-state index < -0.39 is 0 Å². The van der Waals surface area contributed by atoms with Crippen molar-refractivity contribution in [1.29, 1.82) is 0 Å². The number of aromatic nitrogens is 4. The first-order chi connectivity index (χ1) is 13.6. The van der Waals surface area contributed by atoms with Crippen molar-refractivity contribution in [2.24, 2.45) is 0 Å². The van der Waals surface area contributed by atoms with Gasteiger partial charge in [-0.05, 0) is 49.4 Å². The van der Waals surface area contributed by atoms with Crippen molar-refractivity contribution in [3.05, 3.63) is 77.3 Å². The molecule has 0 saturated heterocycles. The quantitative estimate of drug-likeness (QED) is 0.517. The van der Waals surface area contributed by atoms with Crippen LogP contribution in [0.5, 0.6) is 0 Å². The van der Waals surface area contributed by atoms with Gasteiger partial charge in [-0.2, -0.15) is 5.10 Å². The highest BCUT2D eigenvalue weighted by Gasteiger charge is 2.31. The van der Waals surface area contributed by atoms with Crippen LogP contribution in [0.1, 0.15) is 29.1 Å². The van der Waals surface area contributed by atoms with Crippen LogP contribution in [0.3, 0.4) is 0 Å². The van der Waals surface area contributed by atoms with Gasteiger partial charge in [0.1, 0.15) is 0 Å². The van der Waals surface area contributed by atoms with E-state index in [-0.39, 0.29) is 11.9 Å². The molecule has 0 bridgehead atoms. The number of pyridine rings is 2. The van der Waals surface area contributed by atoms with Crippen LogP contribution in [0.15, 0.2) is 60.9 Å². The topological polar surface area (TPSA) is 55.4 Å². The molecule has 0 aromatic carbocycles. The Balaban J connectivity index is 1.46. The number of nitrogens with zero attached hydrogens (tertiary/aromatic N) is 5. The second-order valence-corrected chi connectivity index (χ2v) is 7.37. The molecule has 1 amide bonds. The first-order valence-electron chi connectivity index (χ1n) is 9.18. The molecule has 1 unspecified atom stereocenters. The molecular weight excluding hydrogens is 374 g/mol. The lowest BCUT2D eigenvalue weighted by atomic mass is 10.1. The summed E-state index contributed by atoms with van der Waals surface area (Å²) in [6, 6.07) is 15.5. The highest BCUT2D eigenvalue weighted by atomic mass is 35.5. The summed E-state index contributed by atoms with van der Waals surface area (Å²) in [7, 11) is 0. The third-order valence-corrected chi connectivity index (χ3v) is 5.53. The Morgan fingerprint density at radius 3 is 2.86 bits per heavy atom. The monoisotopic (exact) mass is 391 g/mol. The standard InChI is InChI=1S/C21H18ClN5O/c1-14-19-7-8-20(17-4-2-3-9-23-17)26(19)11-10-25(14)21(28)18-12-16-6-5-15(22)13-27(16)24-18/h2-9,12-14H,10-11H2,1H3. The SMILES string of the molecule is CC1c2ccc(-c3ccccn3)n2CCN1C(=O)c1cc2ccc(Cl)cn2n1. The number of halogens is 1. The molecule has 6 nitrogen and oxygen atoms in total. The zero-order valence-electron chi connectivity index (χ0n) is 15.3. The van der Waals surface area contributed by atoms with E-state index in [1.54, 1.807) is 29.0 Å². The average Bonchev–Trinajstić information content (AvgIpc) is 3.32. The maximum absolute atomic E-state index is 13.1. The normalized spacial score (nSPS) is 16.4. The molecule has 140 valence electrons. The lowest BCUT2D eigenvalue weighted by Gasteiger charge is -2.35. The number of rotatable bonds is 2. The lowest BCUT2D eigenvalue weighted by Crippen LogP contribution is -2.41. The van der Waals surface area contributed by atoms with Crippen molar-refractivity contribution in [3.63, 3.8) is 0 Å². The fraction of sp³-hybridized carbons (Fsp3) is 0.190. The van der Waals surface area contributed by atoms with E-state index in [1.165, 1.54) is 0 Å². The van der Waals surface area contributed by atoms with E-state index in [0.717, 1.165) is 29.1 Å². The summed E-state index contributed by atoms with van der Waals surface area (Å²) in [5.41, 5.74) is 4.40. The third-order valence-electron chi connectivity index (χ3n) is 5.31. The van der Waals surface area contributed by atoms with Gasteiger partial charge >= 0.3 is 0 Å². The van der Waals surface area contributed by atoms with Crippen molar-refractivity contribution in [2.75, 3.05) is 6.54 Å². The summed E-state index contributed by atoms with van der Waals surface area (Å²) in [4.78, 5) is 19.5. The van der Waals surface area contributed by atoms with Gasteiger partial charge in [0.05, 0.1) is 28.0 Å². The predicted molar refractivity (Wildman–Crippen MR) is 107 cm³/mol. The number of hydrogen-bond donors (Lipinski definition) is 0. The van der Waals surface area contributed by atoms with E-state index in [4.69, 9.17) is 11.6 Å². The minimum atomic E-state index is -0.0702. The fourth-order valence-corrected chi connectivity index (χ4v) is 4.04. The molecule has 7 heteroatoms. The van der Waals surface area contributed by atoms with Crippen molar-refractivity contribution in [2.45, 2.75) is 19.5 Å². The van der Waals surface area contributed by atoms with E-state index in [0.29, 0.717) is 17.3 Å². The van der Waals surface area contributed by atoms with Crippen LogP contribution >= 0.6 is 11.6 Å². The molecule has 4 aromatic heterocycles. The summed E-state index contributed by atoms with van der Waals surface area (Å²) in [6.07, 6.45) is 3.50. The zero-order valence-corrected chi connectivity index (χ0v) is 16.0. The molecule has 5 heterocycles. The molecule has 0 aliphatic carbocycles. The van der Waals surface area contributed by atoms with Gasteiger partial charge in [0.2, 0.25) is 0 Å². The molecular formula is C21H18ClN5O. The average molecular weight is 392 g/mol. The summed E-state index contributed by atoms with van der Waals surface area (Å²) in [5, 5.41) is 5.00. The molecule has 1 aliphatic rings. The molecule has 5 rings (SSSR count). The maximum atomic E-state index is 13.1. The van der Waals surface area contributed by atoms with Crippen molar-refractivity contribution in [3.8, 4) is 11.4 Å². The highest BCUT2D eigenvalue weighted by Crippen LogP contribution is 2.32. The molecule has 1 aliphatic heterocycles. The smallest absolute Gasteiger partial charge is 0.275 e. The van der Waals surface area contributed by atoms with Crippen molar-refractivity contribution >= 4 is 23.0 Å². The number of carbonyl (C=O) groups excluding carboxylic acids is 1. The number of hydrogen-bond acceptors (Lipinski definition) is 3. The lowest BCUT2D eigenvalue weighted by molar-refractivity contribution is 0.0638. The van der Waals surface area contributed by atoms with E-state index >= 15 is 0 Å². The van der Waals surface area contributed by atoms with Crippen LogP contribution in [-0.4, -0.2) is 36.5 Å². The molecule has 0 spiro atoms. The Hall–Kier alpha value is -3.12. The minimum Gasteiger partial charge on any atom is -0.340 e. The van der Waals surface area contributed by atoms with Gasteiger partial charge in [-0.15, -0.1) is 0 Å². The summed E-state index contributed by atoms with van der Waals surface area (Å²) >= 11 is 6.02. The maximum Gasteiger partial charge on any atom is 0.275 e. The third kappa shape index (κ3) is 2.68. The van der Waals surface area contributed by atoms with E-state index in [1.807, 2.05) is 29.2 Å². The minimum absolute atomic E-state index is 0.0490. The largest absolute Gasteiger partial charge is 0.340 e. The van der Waals surface area contributed by atoms with Gasteiger partial charge in [0, 0.05) is 31.2 Å². The second kappa shape index (κ2) is 6.49. The Morgan fingerprint density at radius 2 is 2.04 bits per heavy atom. The van der Waals surface area contributed by atoms with Gasteiger partial charge in [-0.25, -0.2) is 4.52 Å².